The van der Waals surface area contributed by atoms with E-state index >= 15 is 0 Å². The minimum Gasteiger partial charge on any atom is -0.395 e. The van der Waals surface area contributed by atoms with Crippen LogP contribution in [0.3, 0.4) is 0 Å². The Kier molecular flexibility index (Phi) is 6.87. The second-order valence-electron chi connectivity index (χ2n) is 8.42. The fraction of sp³-hybridized carbons (Fsp3) is 0.458. The minimum absolute atomic E-state index is 0.0109. The van der Waals surface area contributed by atoms with Crippen LogP contribution in [0.1, 0.15) is 48.2 Å². The van der Waals surface area contributed by atoms with Crippen molar-refractivity contribution in [1.29, 1.82) is 0 Å². The zero-order valence-corrected chi connectivity index (χ0v) is 17.0. The van der Waals surface area contributed by atoms with Crippen molar-refractivity contribution in [2.24, 2.45) is 5.92 Å². The van der Waals surface area contributed by atoms with Crippen LogP contribution in [-0.2, 0) is 12.0 Å². The monoisotopic (exact) mass is 380 g/mol. The molecule has 3 rings (SSSR count). The Morgan fingerprint density at radius 3 is 2.68 bits per heavy atom. The van der Waals surface area contributed by atoms with Crippen LogP contribution < -0.4 is 5.32 Å². The van der Waals surface area contributed by atoms with E-state index in [4.69, 9.17) is 0 Å². The van der Waals surface area contributed by atoms with Crippen LogP contribution in [-0.4, -0.2) is 42.2 Å². The van der Waals surface area contributed by atoms with Gasteiger partial charge in [-0.1, -0.05) is 56.3 Å². The summed E-state index contributed by atoms with van der Waals surface area (Å²) in [7, 11) is 0. The molecule has 4 nitrogen and oxygen atoms in total. The van der Waals surface area contributed by atoms with Gasteiger partial charge in [0.2, 0.25) is 0 Å². The number of rotatable bonds is 7. The second-order valence-corrected chi connectivity index (χ2v) is 8.42. The number of carbonyl (C=O) groups excluding carboxylic acids is 1. The van der Waals surface area contributed by atoms with Crippen LogP contribution in [0.15, 0.2) is 54.6 Å². The van der Waals surface area contributed by atoms with Crippen LogP contribution in [0.25, 0.3) is 0 Å². The first-order valence-corrected chi connectivity index (χ1v) is 10.3. The Morgan fingerprint density at radius 2 is 1.96 bits per heavy atom. The highest BCUT2D eigenvalue weighted by Crippen LogP contribution is 2.34. The summed E-state index contributed by atoms with van der Waals surface area (Å²) in [5.41, 5.74) is 2.86. The highest BCUT2D eigenvalue weighted by Gasteiger charge is 2.36. The average molecular weight is 381 g/mol. The highest BCUT2D eigenvalue weighted by molar-refractivity contribution is 5.94. The van der Waals surface area contributed by atoms with Gasteiger partial charge in [0.25, 0.3) is 5.91 Å². The van der Waals surface area contributed by atoms with E-state index in [-0.39, 0.29) is 17.9 Å². The summed E-state index contributed by atoms with van der Waals surface area (Å²) >= 11 is 0. The quantitative estimate of drug-likeness (QED) is 0.772. The Hall–Kier alpha value is -2.17. The number of aliphatic hydroxyl groups excluding tert-OH is 1. The van der Waals surface area contributed by atoms with Gasteiger partial charge in [0.05, 0.1) is 6.61 Å². The van der Waals surface area contributed by atoms with E-state index < -0.39 is 0 Å². The molecule has 0 bridgehead atoms. The smallest absolute Gasteiger partial charge is 0.251 e. The first-order valence-electron chi connectivity index (χ1n) is 10.3. The molecule has 150 valence electrons. The standard InChI is InChI=1S/C24H32N2O2/c1-19(2)15-25-23(28)21-9-6-8-20(14-21)16-26-13-7-12-24(17-26,18-27)22-10-4-3-5-11-22/h3-6,8-11,14,19,27H,7,12-13,15-18H2,1-2H3,(H,25,28)/t24-/m0/s1. The number of hydrogen-bond donors (Lipinski definition) is 2. The normalized spacial score (nSPS) is 20.3. The van der Waals surface area contributed by atoms with E-state index in [1.54, 1.807) is 0 Å². The van der Waals surface area contributed by atoms with E-state index in [0.717, 1.165) is 38.0 Å². The molecule has 1 heterocycles. The number of nitrogens with one attached hydrogen (secondary N) is 1. The predicted octanol–water partition coefficient (Wildman–Crippen LogP) is 3.60. The van der Waals surface area contributed by atoms with Gasteiger partial charge in [-0.3, -0.25) is 9.69 Å². The maximum absolute atomic E-state index is 12.4. The molecule has 1 aliphatic rings. The first-order chi connectivity index (χ1) is 13.5. The third-order valence-corrected chi connectivity index (χ3v) is 5.61. The second kappa shape index (κ2) is 9.35. The molecule has 0 spiro atoms. The van der Waals surface area contributed by atoms with Gasteiger partial charge >= 0.3 is 0 Å². The fourth-order valence-electron chi connectivity index (χ4n) is 4.08. The molecule has 4 heteroatoms. The topological polar surface area (TPSA) is 52.6 Å². The molecule has 2 aromatic rings. The number of nitrogens with zero attached hydrogens (tertiary/aromatic N) is 1. The van der Waals surface area contributed by atoms with Gasteiger partial charge in [0.1, 0.15) is 0 Å². The molecule has 0 saturated carbocycles. The Morgan fingerprint density at radius 1 is 1.18 bits per heavy atom. The molecule has 1 saturated heterocycles. The summed E-state index contributed by atoms with van der Waals surface area (Å²) in [6.45, 7) is 7.66. The third kappa shape index (κ3) is 5.00. The molecule has 1 amide bonds. The summed E-state index contributed by atoms with van der Waals surface area (Å²) in [5, 5.41) is 13.2. The highest BCUT2D eigenvalue weighted by atomic mass is 16.3. The lowest BCUT2D eigenvalue weighted by atomic mass is 9.74. The molecule has 1 fully saturated rings. The summed E-state index contributed by atoms with van der Waals surface area (Å²) in [6, 6.07) is 18.3. The zero-order valence-electron chi connectivity index (χ0n) is 17.0. The predicted molar refractivity (Wildman–Crippen MR) is 113 cm³/mol. The van der Waals surface area contributed by atoms with Crippen molar-refractivity contribution in [2.75, 3.05) is 26.2 Å². The van der Waals surface area contributed by atoms with E-state index in [9.17, 15) is 9.90 Å². The van der Waals surface area contributed by atoms with Crippen molar-refractivity contribution in [3.8, 4) is 0 Å². The SMILES string of the molecule is CC(C)CNC(=O)c1cccc(CN2CCC[C@](CO)(c3ccccc3)C2)c1. The van der Waals surface area contributed by atoms with Gasteiger partial charge in [-0.25, -0.2) is 0 Å². The number of aliphatic hydroxyl groups is 1. The van der Waals surface area contributed by atoms with Gasteiger partial charge < -0.3 is 10.4 Å². The van der Waals surface area contributed by atoms with Crippen molar-refractivity contribution in [2.45, 2.75) is 38.6 Å². The molecular weight excluding hydrogens is 348 g/mol. The number of benzene rings is 2. The first kappa shape index (κ1) is 20.6. The number of piperidine rings is 1. The molecular formula is C24H32N2O2. The summed E-state index contributed by atoms with van der Waals surface area (Å²) in [6.07, 6.45) is 2.06. The van der Waals surface area contributed by atoms with E-state index in [0.29, 0.717) is 18.0 Å². The van der Waals surface area contributed by atoms with Crippen molar-refractivity contribution in [3.63, 3.8) is 0 Å². The lowest BCUT2D eigenvalue weighted by Gasteiger charge is -2.42. The van der Waals surface area contributed by atoms with Crippen LogP contribution in [0.2, 0.25) is 0 Å². The van der Waals surface area contributed by atoms with Crippen molar-refractivity contribution in [3.05, 3.63) is 71.3 Å². The maximum Gasteiger partial charge on any atom is 0.251 e. The third-order valence-electron chi connectivity index (χ3n) is 5.61. The molecule has 1 aliphatic heterocycles. The summed E-state index contributed by atoms with van der Waals surface area (Å²) in [5.74, 6) is 0.424. The lowest BCUT2D eigenvalue weighted by Crippen LogP contribution is -2.48. The number of carbonyl (C=O) groups is 1. The Balaban J connectivity index is 1.70. The largest absolute Gasteiger partial charge is 0.395 e. The molecule has 0 unspecified atom stereocenters. The average Bonchev–Trinajstić information content (AvgIpc) is 2.73. The lowest BCUT2D eigenvalue weighted by molar-refractivity contribution is 0.0849. The van der Waals surface area contributed by atoms with Crippen LogP contribution >= 0.6 is 0 Å². The molecule has 0 aliphatic carbocycles. The Bertz CT molecular complexity index is 775. The molecule has 2 N–H and O–H groups in total. The van der Waals surface area contributed by atoms with E-state index in [1.807, 2.05) is 36.4 Å². The molecule has 2 aromatic carbocycles. The number of likely N-dealkylation sites (tertiary alicyclic amines) is 1. The summed E-state index contributed by atoms with van der Waals surface area (Å²) < 4.78 is 0. The molecule has 1 atom stereocenters. The molecule has 0 aromatic heterocycles. The van der Waals surface area contributed by atoms with Crippen molar-refractivity contribution < 1.29 is 9.90 Å². The van der Waals surface area contributed by atoms with Gasteiger partial charge in [0.15, 0.2) is 0 Å². The van der Waals surface area contributed by atoms with E-state index in [1.165, 1.54) is 5.56 Å². The van der Waals surface area contributed by atoms with Crippen molar-refractivity contribution in [1.82, 2.24) is 10.2 Å². The van der Waals surface area contributed by atoms with Gasteiger partial charge in [-0.05, 0) is 48.6 Å². The molecule has 0 radical (unpaired) electrons. The summed E-state index contributed by atoms with van der Waals surface area (Å²) in [4.78, 5) is 14.8. The van der Waals surface area contributed by atoms with Gasteiger partial charge in [0, 0.05) is 30.6 Å². The van der Waals surface area contributed by atoms with Crippen LogP contribution in [0.5, 0.6) is 0 Å². The van der Waals surface area contributed by atoms with E-state index in [2.05, 4.69) is 42.3 Å². The zero-order chi connectivity index (χ0) is 20.0. The maximum atomic E-state index is 12.4. The van der Waals surface area contributed by atoms with Crippen molar-refractivity contribution >= 4 is 5.91 Å². The minimum atomic E-state index is -0.203. The van der Waals surface area contributed by atoms with Crippen LogP contribution in [0, 0.1) is 5.92 Å². The number of hydrogen-bond acceptors (Lipinski definition) is 3. The Labute approximate surface area is 168 Å². The van der Waals surface area contributed by atoms with Gasteiger partial charge in [-0.2, -0.15) is 0 Å². The van der Waals surface area contributed by atoms with Gasteiger partial charge in [-0.15, -0.1) is 0 Å². The number of amides is 1. The fourth-order valence-corrected chi connectivity index (χ4v) is 4.08. The van der Waals surface area contributed by atoms with Crippen LogP contribution in [0.4, 0.5) is 0 Å². The molecule has 28 heavy (non-hydrogen) atoms.